The van der Waals surface area contributed by atoms with E-state index in [1.807, 2.05) is 45.0 Å². The average Bonchev–Trinajstić information content (AvgIpc) is 3.03. The Morgan fingerprint density at radius 3 is 2.41 bits per heavy atom. The SMILES string of the molecule is CCCSc1c(C(=O)OC(C)(C)C)cnn1-c1ccc(CC(=O)OC)cc1. The number of hydrogen-bond acceptors (Lipinski definition) is 6. The monoisotopic (exact) mass is 390 g/mol. The molecular weight excluding hydrogens is 364 g/mol. The van der Waals surface area contributed by atoms with Gasteiger partial charge in [0, 0.05) is 0 Å². The predicted octanol–water partition coefficient (Wildman–Crippen LogP) is 4.05. The Balaban J connectivity index is 2.33. The predicted molar refractivity (Wildman–Crippen MR) is 105 cm³/mol. The first-order valence-corrected chi connectivity index (χ1v) is 9.84. The Morgan fingerprint density at radius 2 is 1.85 bits per heavy atom. The van der Waals surface area contributed by atoms with Crippen molar-refractivity contribution in [2.45, 2.75) is 51.2 Å². The maximum Gasteiger partial charge on any atom is 0.343 e. The molecule has 0 saturated carbocycles. The summed E-state index contributed by atoms with van der Waals surface area (Å²) in [6.07, 6.45) is 2.74. The second-order valence-electron chi connectivity index (χ2n) is 7.04. The van der Waals surface area contributed by atoms with Crippen LogP contribution in [0.25, 0.3) is 5.69 Å². The minimum Gasteiger partial charge on any atom is -0.469 e. The summed E-state index contributed by atoms with van der Waals surface area (Å²) in [4.78, 5) is 24.0. The van der Waals surface area contributed by atoms with Crippen molar-refractivity contribution in [3.63, 3.8) is 0 Å². The molecule has 0 fully saturated rings. The molecule has 0 amide bonds. The van der Waals surface area contributed by atoms with Gasteiger partial charge in [-0.25, -0.2) is 9.48 Å². The molecule has 0 saturated heterocycles. The zero-order valence-electron chi connectivity index (χ0n) is 16.4. The van der Waals surface area contributed by atoms with Gasteiger partial charge in [-0.1, -0.05) is 19.1 Å². The molecule has 7 heteroatoms. The maximum absolute atomic E-state index is 12.6. The van der Waals surface area contributed by atoms with Crippen molar-refractivity contribution in [2.24, 2.45) is 0 Å². The van der Waals surface area contributed by atoms with Crippen LogP contribution < -0.4 is 0 Å². The number of benzene rings is 1. The largest absolute Gasteiger partial charge is 0.469 e. The molecule has 0 unspecified atom stereocenters. The van der Waals surface area contributed by atoms with Gasteiger partial charge in [0.25, 0.3) is 0 Å². The summed E-state index contributed by atoms with van der Waals surface area (Å²) in [7, 11) is 1.37. The van der Waals surface area contributed by atoms with Crippen LogP contribution in [0, 0.1) is 0 Å². The van der Waals surface area contributed by atoms with E-state index in [9.17, 15) is 9.59 Å². The fraction of sp³-hybridized carbons (Fsp3) is 0.450. The van der Waals surface area contributed by atoms with E-state index in [0.717, 1.165) is 28.5 Å². The summed E-state index contributed by atoms with van der Waals surface area (Å²) in [6.45, 7) is 7.61. The minimum atomic E-state index is -0.568. The van der Waals surface area contributed by atoms with E-state index in [0.29, 0.717) is 5.56 Å². The highest BCUT2D eigenvalue weighted by Gasteiger charge is 2.24. The van der Waals surface area contributed by atoms with Crippen LogP contribution in [0.1, 0.15) is 50.0 Å². The highest BCUT2D eigenvalue weighted by molar-refractivity contribution is 7.99. The number of rotatable bonds is 7. The van der Waals surface area contributed by atoms with Crippen molar-refractivity contribution in [3.05, 3.63) is 41.6 Å². The fourth-order valence-electron chi connectivity index (χ4n) is 2.33. The number of nitrogens with zero attached hydrogens (tertiary/aromatic N) is 2. The number of thioether (sulfide) groups is 1. The summed E-state index contributed by atoms with van der Waals surface area (Å²) >= 11 is 1.57. The number of esters is 2. The molecule has 1 aromatic heterocycles. The smallest absolute Gasteiger partial charge is 0.343 e. The summed E-state index contributed by atoms with van der Waals surface area (Å²) in [5.74, 6) is 0.199. The summed E-state index contributed by atoms with van der Waals surface area (Å²) in [5, 5.41) is 5.16. The normalized spacial score (nSPS) is 11.3. The molecular formula is C20H26N2O4S. The van der Waals surface area contributed by atoms with Gasteiger partial charge in [0.1, 0.15) is 16.2 Å². The van der Waals surface area contributed by atoms with Crippen LogP contribution in [0.2, 0.25) is 0 Å². The van der Waals surface area contributed by atoms with Gasteiger partial charge < -0.3 is 9.47 Å². The highest BCUT2D eigenvalue weighted by atomic mass is 32.2. The molecule has 6 nitrogen and oxygen atoms in total. The zero-order chi connectivity index (χ0) is 20.0. The van der Waals surface area contributed by atoms with Crippen LogP contribution in [0.3, 0.4) is 0 Å². The van der Waals surface area contributed by atoms with Crippen LogP contribution in [-0.2, 0) is 20.7 Å². The van der Waals surface area contributed by atoms with Crippen molar-refractivity contribution in [1.29, 1.82) is 0 Å². The zero-order valence-corrected chi connectivity index (χ0v) is 17.3. The minimum absolute atomic E-state index is 0.219. The molecule has 27 heavy (non-hydrogen) atoms. The van der Waals surface area contributed by atoms with Gasteiger partial charge in [0.05, 0.1) is 25.4 Å². The molecule has 0 aliphatic rings. The number of hydrogen-bond donors (Lipinski definition) is 0. The van der Waals surface area contributed by atoms with Gasteiger partial charge in [-0.15, -0.1) is 11.8 Å². The molecule has 0 spiro atoms. The van der Waals surface area contributed by atoms with Crippen LogP contribution in [0.5, 0.6) is 0 Å². The fourth-order valence-corrected chi connectivity index (χ4v) is 3.29. The first-order chi connectivity index (χ1) is 12.7. The Hall–Kier alpha value is -2.28. The third kappa shape index (κ3) is 5.85. The number of carbonyl (C=O) groups is 2. The number of carbonyl (C=O) groups excluding carboxylic acids is 2. The highest BCUT2D eigenvalue weighted by Crippen LogP contribution is 2.28. The summed E-state index contributed by atoms with van der Waals surface area (Å²) in [6, 6.07) is 7.46. The summed E-state index contributed by atoms with van der Waals surface area (Å²) in [5.41, 5.74) is 1.56. The Bertz CT molecular complexity index is 791. The van der Waals surface area contributed by atoms with Crippen LogP contribution in [-0.4, -0.2) is 40.2 Å². The second kappa shape index (κ2) is 9.08. The molecule has 0 bridgehead atoms. The van der Waals surface area contributed by atoms with Crippen molar-refractivity contribution >= 4 is 23.7 Å². The van der Waals surface area contributed by atoms with E-state index in [1.54, 1.807) is 22.6 Å². The Morgan fingerprint density at radius 1 is 1.19 bits per heavy atom. The standard InChI is InChI=1S/C20H26N2O4S/c1-6-11-27-18-16(19(24)26-20(2,3)4)13-21-22(18)15-9-7-14(8-10-15)12-17(23)25-5/h7-10,13H,6,11-12H2,1-5H3. The van der Waals surface area contributed by atoms with E-state index in [2.05, 4.69) is 12.0 Å². The van der Waals surface area contributed by atoms with Gasteiger partial charge in [-0.2, -0.15) is 5.10 Å². The molecule has 2 aromatic rings. The Labute approximate surface area is 164 Å². The van der Waals surface area contributed by atoms with E-state index in [4.69, 9.17) is 9.47 Å². The maximum atomic E-state index is 12.6. The van der Waals surface area contributed by atoms with Crippen molar-refractivity contribution < 1.29 is 19.1 Å². The second-order valence-corrected chi connectivity index (χ2v) is 8.13. The van der Waals surface area contributed by atoms with Gasteiger partial charge in [-0.3, -0.25) is 4.79 Å². The Kier molecular flexibility index (Phi) is 7.07. The molecule has 2 rings (SSSR count). The van der Waals surface area contributed by atoms with E-state index >= 15 is 0 Å². The third-order valence-electron chi connectivity index (χ3n) is 3.54. The first kappa shape index (κ1) is 21.0. The third-order valence-corrected chi connectivity index (χ3v) is 4.82. The molecule has 146 valence electrons. The van der Waals surface area contributed by atoms with Gasteiger partial charge in [0.2, 0.25) is 0 Å². The first-order valence-electron chi connectivity index (χ1n) is 8.85. The van der Waals surface area contributed by atoms with E-state index in [1.165, 1.54) is 7.11 Å². The lowest BCUT2D eigenvalue weighted by Crippen LogP contribution is -2.24. The number of aromatic nitrogens is 2. The summed E-state index contributed by atoms with van der Waals surface area (Å²) < 4.78 is 11.9. The van der Waals surface area contributed by atoms with E-state index in [-0.39, 0.29) is 18.4 Å². The van der Waals surface area contributed by atoms with Crippen LogP contribution in [0.4, 0.5) is 0 Å². The van der Waals surface area contributed by atoms with Crippen molar-refractivity contribution in [1.82, 2.24) is 9.78 Å². The van der Waals surface area contributed by atoms with Crippen LogP contribution in [0.15, 0.2) is 35.5 Å². The van der Waals surface area contributed by atoms with Gasteiger partial charge in [-0.05, 0) is 50.6 Å². The lowest BCUT2D eigenvalue weighted by molar-refractivity contribution is -0.139. The lowest BCUT2D eigenvalue weighted by Gasteiger charge is -2.19. The number of ether oxygens (including phenoxy) is 2. The molecule has 1 aromatic carbocycles. The molecule has 0 atom stereocenters. The van der Waals surface area contributed by atoms with E-state index < -0.39 is 5.60 Å². The number of methoxy groups -OCH3 is 1. The topological polar surface area (TPSA) is 70.4 Å². The van der Waals surface area contributed by atoms with Gasteiger partial charge >= 0.3 is 11.9 Å². The molecule has 0 aliphatic carbocycles. The molecule has 0 radical (unpaired) electrons. The average molecular weight is 391 g/mol. The molecule has 1 heterocycles. The van der Waals surface area contributed by atoms with Crippen molar-refractivity contribution in [3.8, 4) is 5.69 Å². The van der Waals surface area contributed by atoms with Crippen LogP contribution >= 0.6 is 11.8 Å². The molecule has 0 N–H and O–H groups in total. The molecule has 0 aliphatic heterocycles. The lowest BCUT2D eigenvalue weighted by atomic mass is 10.1. The quantitative estimate of drug-likeness (QED) is 0.525. The van der Waals surface area contributed by atoms with Gasteiger partial charge in [0.15, 0.2) is 0 Å². The van der Waals surface area contributed by atoms with Crippen molar-refractivity contribution in [2.75, 3.05) is 12.9 Å².